The number of nitrogens with zero attached hydrogens (tertiary/aromatic N) is 2. The summed E-state index contributed by atoms with van der Waals surface area (Å²) in [5.74, 6) is 2.17. The highest BCUT2D eigenvalue weighted by Crippen LogP contribution is 2.30. The molecule has 6 heteroatoms. The molecule has 1 aromatic carbocycles. The lowest BCUT2D eigenvalue weighted by Gasteiger charge is -2.17. The summed E-state index contributed by atoms with van der Waals surface area (Å²) >= 11 is 0. The lowest BCUT2D eigenvalue weighted by Crippen LogP contribution is -2.36. The van der Waals surface area contributed by atoms with Gasteiger partial charge in [-0.1, -0.05) is 6.92 Å². The highest BCUT2D eigenvalue weighted by molar-refractivity contribution is 5.93. The first-order chi connectivity index (χ1) is 10.6. The molecule has 0 atom stereocenters. The topological polar surface area (TPSA) is 58.1 Å². The number of aliphatic imine (C=N–C) groups is 1. The van der Waals surface area contributed by atoms with Gasteiger partial charge in [0, 0.05) is 31.9 Å². The van der Waals surface area contributed by atoms with Crippen molar-refractivity contribution in [2.45, 2.75) is 13.8 Å². The molecule has 1 aromatic rings. The summed E-state index contributed by atoms with van der Waals surface area (Å²) in [4.78, 5) is 6.47. The lowest BCUT2D eigenvalue weighted by molar-refractivity contribution is 0.311. The van der Waals surface area contributed by atoms with E-state index in [1.807, 2.05) is 25.1 Å². The van der Waals surface area contributed by atoms with Crippen molar-refractivity contribution in [3.63, 3.8) is 0 Å². The third kappa shape index (κ3) is 5.81. The molecule has 1 rings (SSSR count). The van der Waals surface area contributed by atoms with Crippen LogP contribution >= 0.6 is 0 Å². The maximum Gasteiger partial charge on any atom is 0.195 e. The van der Waals surface area contributed by atoms with Crippen LogP contribution in [0.25, 0.3) is 0 Å². The van der Waals surface area contributed by atoms with Gasteiger partial charge < -0.3 is 25.0 Å². The first-order valence-corrected chi connectivity index (χ1v) is 7.61. The Morgan fingerprint density at radius 2 is 2.05 bits per heavy atom. The third-order valence-electron chi connectivity index (χ3n) is 3.28. The van der Waals surface area contributed by atoms with E-state index in [2.05, 4.69) is 34.5 Å². The highest BCUT2D eigenvalue weighted by atomic mass is 16.5. The molecule has 0 heterocycles. The van der Waals surface area contributed by atoms with Gasteiger partial charge in [0.15, 0.2) is 17.5 Å². The van der Waals surface area contributed by atoms with Crippen LogP contribution in [0.4, 0.5) is 5.69 Å². The molecule has 0 aliphatic heterocycles. The van der Waals surface area contributed by atoms with Crippen molar-refractivity contribution in [3.05, 3.63) is 18.2 Å². The van der Waals surface area contributed by atoms with Gasteiger partial charge in [-0.25, -0.2) is 0 Å². The van der Waals surface area contributed by atoms with Gasteiger partial charge in [0.1, 0.15) is 0 Å². The monoisotopic (exact) mass is 308 g/mol. The van der Waals surface area contributed by atoms with Crippen molar-refractivity contribution in [2.75, 3.05) is 52.8 Å². The number of methoxy groups -OCH3 is 1. The fourth-order valence-electron chi connectivity index (χ4n) is 1.86. The summed E-state index contributed by atoms with van der Waals surface area (Å²) < 4.78 is 10.9. The van der Waals surface area contributed by atoms with E-state index in [1.165, 1.54) is 0 Å². The fourth-order valence-corrected chi connectivity index (χ4v) is 1.86. The van der Waals surface area contributed by atoms with E-state index in [-0.39, 0.29) is 0 Å². The number of benzene rings is 1. The summed E-state index contributed by atoms with van der Waals surface area (Å²) in [6, 6.07) is 5.73. The second-order valence-electron chi connectivity index (χ2n) is 4.82. The molecule has 0 aliphatic carbocycles. The minimum atomic E-state index is 0.593. The van der Waals surface area contributed by atoms with Gasteiger partial charge >= 0.3 is 0 Å². The number of hydrogen-bond acceptors (Lipinski definition) is 4. The van der Waals surface area contributed by atoms with Crippen molar-refractivity contribution >= 4 is 11.6 Å². The van der Waals surface area contributed by atoms with Gasteiger partial charge in [-0.3, -0.25) is 4.99 Å². The number of guanidine groups is 1. The molecule has 6 nitrogen and oxygen atoms in total. The predicted molar refractivity (Wildman–Crippen MR) is 92.3 cm³/mol. The Labute approximate surface area is 133 Å². The number of nitrogens with one attached hydrogen (secondary N) is 2. The Bertz CT molecular complexity index is 477. The first kappa shape index (κ1) is 18.1. The molecule has 0 saturated heterocycles. The standard InChI is InChI=1S/C16H28N4O2/c1-6-20(4)11-10-18-16(17-3)19-13-8-9-14(21-5)15(12-13)22-7-2/h8-9,12H,6-7,10-11H2,1-5H3,(H2,17,18,19). The number of likely N-dealkylation sites (N-methyl/N-ethyl adjacent to an activating group) is 1. The van der Waals surface area contributed by atoms with Crippen LogP contribution in [0.5, 0.6) is 11.5 Å². The summed E-state index contributed by atoms with van der Waals surface area (Å²) in [7, 11) is 5.48. The quantitative estimate of drug-likeness (QED) is 0.568. The minimum Gasteiger partial charge on any atom is -0.493 e. The summed E-state index contributed by atoms with van der Waals surface area (Å²) in [6.45, 7) is 7.51. The third-order valence-corrected chi connectivity index (χ3v) is 3.28. The molecule has 124 valence electrons. The molecule has 0 aromatic heterocycles. The zero-order valence-corrected chi connectivity index (χ0v) is 14.3. The predicted octanol–water partition coefficient (Wildman–Crippen LogP) is 2.03. The second-order valence-corrected chi connectivity index (χ2v) is 4.82. The van der Waals surface area contributed by atoms with Crippen LogP contribution in [-0.2, 0) is 0 Å². The molecule has 0 spiro atoms. The lowest BCUT2D eigenvalue weighted by atomic mass is 10.2. The van der Waals surface area contributed by atoms with E-state index >= 15 is 0 Å². The Balaban J connectivity index is 2.65. The van der Waals surface area contributed by atoms with Gasteiger partial charge in [-0.15, -0.1) is 0 Å². The fraction of sp³-hybridized carbons (Fsp3) is 0.562. The van der Waals surface area contributed by atoms with Gasteiger partial charge in [-0.2, -0.15) is 0 Å². The summed E-state index contributed by atoms with van der Waals surface area (Å²) in [6.07, 6.45) is 0. The molecular weight excluding hydrogens is 280 g/mol. The summed E-state index contributed by atoms with van der Waals surface area (Å²) in [5, 5.41) is 6.54. The minimum absolute atomic E-state index is 0.593. The SMILES string of the molecule is CCOc1cc(NC(=NC)NCCN(C)CC)ccc1OC. The van der Waals surface area contributed by atoms with Gasteiger partial charge in [0.2, 0.25) is 0 Å². The normalized spacial score (nSPS) is 11.5. The molecule has 0 saturated carbocycles. The molecule has 0 unspecified atom stereocenters. The molecule has 2 N–H and O–H groups in total. The van der Waals surface area contributed by atoms with Crippen molar-refractivity contribution in [1.29, 1.82) is 0 Å². The zero-order chi connectivity index (χ0) is 16.4. The Morgan fingerprint density at radius 1 is 1.27 bits per heavy atom. The van der Waals surface area contributed by atoms with E-state index in [4.69, 9.17) is 9.47 Å². The number of hydrogen-bond donors (Lipinski definition) is 2. The number of ether oxygens (including phenoxy) is 2. The molecule has 0 bridgehead atoms. The van der Waals surface area contributed by atoms with Crippen molar-refractivity contribution in [1.82, 2.24) is 10.2 Å². The van der Waals surface area contributed by atoms with Crippen molar-refractivity contribution in [3.8, 4) is 11.5 Å². The second kappa shape index (κ2) is 9.89. The maximum absolute atomic E-state index is 5.58. The molecular formula is C16H28N4O2. The molecule has 0 fully saturated rings. The molecule has 22 heavy (non-hydrogen) atoms. The number of rotatable bonds is 8. The van der Waals surface area contributed by atoms with Crippen molar-refractivity contribution in [2.24, 2.45) is 4.99 Å². The van der Waals surface area contributed by atoms with Crippen LogP contribution in [0.3, 0.4) is 0 Å². The zero-order valence-electron chi connectivity index (χ0n) is 14.3. The highest BCUT2D eigenvalue weighted by Gasteiger charge is 2.07. The molecule has 0 amide bonds. The van der Waals surface area contributed by atoms with Gasteiger partial charge in [0.25, 0.3) is 0 Å². The first-order valence-electron chi connectivity index (χ1n) is 7.61. The summed E-state index contributed by atoms with van der Waals surface area (Å²) in [5.41, 5.74) is 0.904. The molecule has 0 radical (unpaired) electrons. The van der Waals surface area contributed by atoms with Crippen LogP contribution in [0.15, 0.2) is 23.2 Å². The van der Waals surface area contributed by atoms with Crippen LogP contribution in [0.2, 0.25) is 0 Å². The maximum atomic E-state index is 5.58. The van der Waals surface area contributed by atoms with E-state index in [0.29, 0.717) is 6.61 Å². The Hall–Kier alpha value is -1.95. The van der Waals surface area contributed by atoms with Crippen molar-refractivity contribution < 1.29 is 9.47 Å². The smallest absolute Gasteiger partial charge is 0.195 e. The van der Waals surface area contributed by atoms with Crippen LogP contribution < -0.4 is 20.1 Å². The van der Waals surface area contributed by atoms with Crippen LogP contribution in [-0.4, -0.2) is 58.3 Å². The Kier molecular flexibility index (Phi) is 8.14. The van der Waals surface area contributed by atoms with E-state index in [9.17, 15) is 0 Å². The average molecular weight is 308 g/mol. The molecule has 0 aliphatic rings. The van der Waals surface area contributed by atoms with Gasteiger partial charge in [0.05, 0.1) is 13.7 Å². The largest absolute Gasteiger partial charge is 0.493 e. The van der Waals surface area contributed by atoms with Crippen LogP contribution in [0, 0.1) is 0 Å². The van der Waals surface area contributed by atoms with Crippen LogP contribution in [0.1, 0.15) is 13.8 Å². The van der Waals surface area contributed by atoms with E-state index in [1.54, 1.807) is 14.2 Å². The Morgan fingerprint density at radius 3 is 2.64 bits per heavy atom. The van der Waals surface area contributed by atoms with Gasteiger partial charge in [-0.05, 0) is 32.6 Å². The average Bonchev–Trinajstić information content (AvgIpc) is 2.54. The van der Waals surface area contributed by atoms with E-state index < -0.39 is 0 Å². The number of anilines is 1. The van der Waals surface area contributed by atoms with E-state index in [0.717, 1.165) is 42.8 Å².